The summed E-state index contributed by atoms with van der Waals surface area (Å²) in [6.07, 6.45) is 9.43. The van der Waals surface area contributed by atoms with E-state index in [4.69, 9.17) is 4.74 Å². The van der Waals surface area contributed by atoms with Crippen LogP contribution in [0.5, 0.6) is 0 Å². The molecular formula is C31H42FN3O2. The van der Waals surface area contributed by atoms with E-state index in [1.807, 2.05) is 31.5 Å². The van der Waals surface area contributed by atoms with Crippen LogP contribution in [0.4, 0.5) is 4.39 Å². The third kappa shape index (κ3) is 4.98. The Kier molecular flexibility index (Phi) is 7.37. The lowest BCUT2D eigenvalue weighted by atomic mass is 9.57. The number of fused-ring (bicyclic) bond motifs is 4. The summed E-state index contributed by atoms with van der Waals surface area (Å²) in [7, 11) is 1.86. The minimum Gasteiger partial charge on any atom is -0.395 e. The van der Waals surface area contributed by atoms with Crippen molar-refractivity contribution in [1.29, 1.82) is 0 Å². The van der Waals surface area contributed by atoms with Crippen LogP contribution in [0.2, 0.25) is 0 Å². The van der Waals surface area contributed by atoms with Gasteiger partial charge in [-0.2, -0.15) is 0 Å². The second-order valence-electron chi connectivity index (χ2n) is 12.3. The zero-order chi connectivity index (χ0) is 25.4. The fourth-order valence-corrected chi connectivity index (χ4v) is 8.88. The van der Waals surface area contributed by atoms with Gasteiger partial charge in [-0.25, -0.2) is 4.39 Å². The lowest BCUT2D eigenvalue weighted by molar-refractivity contribution is -0.110. The lowest BCUT2D eigenvalue weighted by Crippen LogP contribution is -2.61. The quantitative estimate of drug-likeness (QED) is 0.612. The van der Waals surface area contributed by atoms with Gasteiger partial charge < -0.3 is 9.84 Å². The largest absolute Gasteiger partial charge is 0.395 e. The van der Waals surface area contributed by atoms with Crippen LogP contribution in [0.3, 0.4) is 0 Å². The highest BCUT2D eigenvalue weighted by Gasteiger charge is 2.60. The van der Waals surface area contributed by atoms with E-state index in [0.29, 0.717) is 30.4 Å². The first-order valence-corrected chi connectivity index (χ1v) is 14.3. The average molecular weight is 508 g/mol. The van der Waals surface area contributed by atoms with Crippen LogP contribution >= 0.6 is 0 Å². The number of likely N-dealkylation sites (tertiary alicyclic amines) is 2. The average Bonchev–Trinajstić information content (AvgIpc) is 3.30. The molecule has 6 atom stereocenters. The summed E-state index contributed by atoms with van der Waals surface area (Å²) in [4.78, 5) is 9.66. The van der Waals surface area contributed by atoms with Gasteiger partial charge in [-0.15, -0.1) is 0 Å². The number of aliphatic hydroxyl groups is 1. The summed E-state index contributed by atoms with van der Waals surface area (Å²) in [5, 5.41) is 10.7. The molecule has 4 aliphatic rings. The third-order valence-electron chi connectivity index (χ3n) is 10.4. The molecule has 6 rings (SSSR count). The molecule has 2 aromatic rings. The van der Waals surface area contributed by atoms with Crippen LogP contribution in [0.15, 0.2) is 48.7 Å². The summed E-state index contributed by atoms with van der Waals surface area (Å²) < 4.78 is 19.9. The SMILES string of the molecule is COC1CCC2C(C1)CC1C2C2(CCN(Cc3ccccn3)CC2)CN(Cc2cccc(F)c2)[C@@H]1CO. The van der Waals surface area contributed by atoms with E-state index in [2.05, 4.69) is 26.9 Å². The van der Waals surface area contributed by atoms with Crippen molar-refractivity contribution >= 4 is 0 Å². The number of rotatable bonds is 6. The minimum atomic E-state index is -0.178. The second-order valence-corrected chi connectivity index (χ2v) is 12.3. The summed E-state index contributed by atoms with van der Waals surface area (Å²) in [5.41, 5.74) is 2.41. The Bertz CT molecular complexity index is 1040. The lowest BCUT2D eigenvalue weighted by Gasteiger charge is -2.58. The van der Waals surface area contributed by atoms with Gasteiger partial charge in [0.25, 0.3) is 0 Å². The van der Waals surface area contributed by atoms with E-state index in [1.165, 1.54) is 38.2 Å². The first-order valence-electron chi connectivity index (χ1n) is 14.3. The molecule has 1 spiro atoms. The number of hydrogen-bond acceptors (Lipinski definition) is 5. The zero-order valence-corrected chi connectivity index (χ0v) is 22.1. The Morgan fingerprint density at radius 2 is 1.92 bits per heavy atom. The number of aliphatic hydroxyl groups excluding tert-OH is 1. The topological polar surface area (TPSA) is 48.8 Å². The molecule has 1 aromatic carbocycles. The van der Waals surface area contributed by atoms with Crippen LogP contribution in [0.25, 0.3) is 0 Å². The molecule has 6 heteroatoms. The summed E-state index contributed by atoms with van der Waals surface area (Å²) >= 11 is 0. The highest BCUT2D eigenvalue weighted by atomic mass is 19.1. The number of ether oxygens (including phenoxy) is 1. The van der Waals surface area contributed by atoms with Crippen molar-refractivity contribution in [3.63, 3.8) is 0 Å². The monoisotopic (exact) mass is 507 g/mol. The highest BCUT2D eigenvalue weighted by molar-refractivity contribution is 5.18. The number of aromatic nitrogens is 1. The molecule has 200 valence electrons. The van der Waals surface area contributed by atoms with Crippen LogP contribution in [-0.2, 0) is 17.8 Å². The fourth-order valence-electron chi connectivity index (χ4n) is 8.88. The van der Waals surface area contributed by atoms with Gasteiger partial charge >= 0.3 is 0 Å². The molecule has 1 aromatic heterocycles. The summed E-state index contributed by atoms with van der Waals surface area (Å²) in [5.74, 6) is 2.42. The van der Waals surface area contributed by atoms with Gasteiger partial charge in [-0.05, 0) is 111 Å². The zero-order valence-electron chi connectivity index (χ0n) is 22.1. The van der Waals surface area contributed by atoms with Gasteiger partial charge in [0.1, 0.15) is 5.82 Å². The maximum atomic E-state index is 14.1. The van der Waals surface area contributed by atoms with Gasteiger partial charge in [0.15, 0.2) is 0 Å². The number of benzene rings is 1. The maximum absolute atomic E-state index is 14.1. The van der Waals surface area contributed by atoms with E-state index in [-0.39, 0.29) is 23.9 Å². The van der Waals surface area contributed by atoms with Gasteiger partial charge in [0.05, 0.1) is 18.4 Å². The fraction of sp³-hybridized carbons (Fsp3) is 0.645. The smallest absolute Gasteiger partial charge is 0.123 e. The minimum absolute atomic E-state index is 0.150. The van der Waals surface area contributed by atoms with E-state index in [9.17, 15) is 9.50 Å². The number of hydrogen-bond donors (Lipinski definition) is 1. The van der Waals surface area contributed by atoms with Crippen molar-refractivity contribution in [2.45, 2.75) is 63.8 Å². The number of halogens is 1. The molecule has 2 aliphatic carbocycles. The van der Waals surface area contributed by atoms with Gasteiger partial charge in [-0.3, -0.25) is 14.8 Å². The third-order valence-corrected chi connectivity index (χ3v) is 10.4. The Labute approximate surface area is 221 Å². The second kappa shape index (κ2) is 10.7. The maximum Gasteiger partial charge on any atom is 0.123 e. The van der Waals surface area contributed by atoms with E-state index in [0.717, 1.165) is 49.8 Å². The summed E-state index contributed by atoms with van der Waals surface area (Å²) in [6.45, 7) is 5.00. The molecule has 5 unspecified atom stereocenters. The molecule has 0 amide bonds. The van der Waals surface area contributed by atoms with Crippen LogP contribution in [0.1, 0.15) is 49.8 Å². The predicted molar refractivity (Wildman–Crippen MR) is 142 cm³/mol. The molecular weight excluding hydrogens is 465 g/mol. The Hall–Kier alpha value is -1.86. The highest BCUT2D eigenvalue weighted by Crippen LogP contribution is 2.62. The van der Waals surface area contributed by atoms with E-state index >= 15 is 0 Å². The molecule has 4 fully saturated rings. The van der Waals surface area contributed by atoms with Crippen molar-refractivity contribution in [1.82, 2.24) is 14.8 Å². The molecule has 3 heterocycles. The molecule has 2 aliphatic heterocycles. The first-order chi connectivity index (χ1) is 18.1. The van der Waals surface area contributed by atoms with Crippen molar-refractivity contribution in [3.8, 4) is 0 Å². The van der Waals surface area contributed by atoms with Gasteiger partial charge in [0, 0.05) is 39.0 Å². The van der Waals surface area contributed by atoms with E-state index in [1.54, 1.807) is 6.07 Å². The number of piperidine rings is 2. The van der Waals surface area contributed by atoms with Crippen molar-refractivity contribution in [2.75, 3.05) is 33.4 Å². The Morgan fingerprint density at radius 3 is 2.65 bits per heavy atom. The van der Waals surface area contributed by atoms with Crippen molar-refractivity contribution in [3.05, 3.63) is 65.7 Å². The molecule has 37 heavy (non-hydrogen) atoms. The number of methoxy groups -OCH3 is 1. The Morgan fingerprint density at radius 1 is 1.05 bits per heavy atom. The van der Waals surface area contributed by atoms with E-state index < -0.39 is 0 Å². The normalized spacial score (nSPS) is 33.8. The summed E-state index contributed by atoms with van der Waals surface area (Å²) in [6, 6.07) is 13.4. The van der Waals surface area contributed by atoms with Crippen molar-refractivity contribution in [2.24, 2.45) is 29.1 Å². The molecule has 5 nitrogen and oxygen atoms in total. The molecule has 0 bridgehead atoms. The van der Waals surface area contributed by atoms with Gasteiger partial charge in [-0.1, -0.05) is 18.2 Å². The van der Waals surface area contributed by atoms with Crippen LogP contribution in [-0.4, -0.2) is 65.4 Å². The predicted octanol–water partition coefficient (Wildman–Crippen LogP) is 4.75. The number of nitrogens with zero attached hydrogens (tertiary/aromatic N) is 3. The molecule has 1 N–H and O–H groups in total. The van der Waals surface area contributed by atoms with Crippen molar-refractivity contribution < 1.29 is 14.2 Å². The number of pyridine rings is 1. The first kappa shape index (κ1) is 25.4. The molecule has 0 radical (unpaired) electrons. The van der Waals surface area contributed by atoms with Gasteiger partial charge in [0.2, 0.25) is 0 Å². The molecule has 2 saturated carbocycles. The van der Waals surface area contributed by atoms with Crippen LogP contribution in [0, 0.1) is 34.9 Å². The van der Waals surface area contributed by atoms with Crippen LogP contribution < -0.4 is 0 Å². The standard InChI is InChI=1S/C31H42FN3O2/c1-37-26-8-9-27-23(16-26)17-28-29(20-36)35(18-22-5-4-6-24(32)15-22)21-31(30(27)28)10-13-34(14-11-31)19-25-7-2-3-12-33-25/h2-7,12,15,23,26-30,36H,8-11,13-14,16-21H2,1H3/t23?,26?,27?,28?,29-,30?/m1/s1. The molecule has 2 saturated heterocycles. The Balaban J connectivity index is 1.27.